The van der Waals surface area contributed by atoms with E-state index in [1.165, 1.54) is 4.88 Å². The average molecular weight is 235 g/mol. The highest BCUT2D eigenvalue weighted by Crippen LogP contribution is 2.24. The molecule has 0 bridgehead atoms. The summed E-state index contributed by atoms with van der Waals surface area (Å²) < 4.78 is 2.19. The third-order valence-electron chi connectivity index (χ3n) is 2.58. The number of aryl methyl sites for hydroxylation is 1. The van der Waals surface area contributed by atoms with E-state index in [2.05, 4.69) is 46.2 Å². The minimum absolute atomic E-state index is 0.222. The highest BCUT2D eigenvalue weighted by molar-refractivity contribution is 7.10. The van der Waals surface area contributed by atoms with Crippen molar-refractivity contribution in [2.24, 2.45) is 0 Å². The number of nitrogens with one attached hydrogen (secondary N) is 1. The molecule has 86 valence electrons. The standard InChI is InChI=1S/C12H17N3S/c1-3-13-11(10-6-5-9-16-10)12-14-7-8-15(12)4-2/h5-9,11,13H,3-4H2,1-2H3. The molecular formula is C12H17N3S. The van der Waals surface area contributed by atoms with Gasteiger partial charge in [-0.15, -0.1) is 11.3 Å². The van der Waals surface area contributed by atoms with Gasteiger partial charge < -0.3 is 9.88 Å². The Balaban J connectivity index is 2.33. The van der Waals surface area contributed by atoms with Crippen LogP contribution in [-0.2, 0) is 6.54 Å². The van der Waals surface area contributed by atoms with Crippen LogP contribution in [0.4, 0.5) is 0 Å². The van der Waals surface area contributed by atoms with E-state index in [-0.39, 0.29) is 6.04 Å². The molecule has 0 fully saturated rings. The zero-order valence-electron chi connectivity index (χ0n) is 9.68. The van der Waals surface area contributed by atoms with Crippen LogP contribution < -0.4 is 5.32 Å². The summed E-state index contributed by atoms with van der Waals surface area (Å²) in [6, 6.07) is 4.47. The monoisotopic (exact) mass is 235 g/mol. The Bertz CT molecular complexity index is 419. The van der Waals surface area contributed by atoms with E-state index >= 15 is 0 Å². The second-order valence-corrected chi connectivity index (χ2v) is 4.56. The number of thiophene rings is 1. The van der Waals surface area contributed by atoms with Gasteiger partial charge in [-0.1, -0.05) is 13.0 Å². The maximum absolute atomic E-state index is 4.47. The fourth-order valence-corrected chi connectivity index (χ4v) is 2.62. The van der Waals surface area contributed by atoms with Crippen molar-refractivity contribution >= 4 is 11.3 Å². The van der Waals surface area contributed by atoms with E-state index in [4.69, 9.17) is 0 Å². The molecule has 0 aliphatic carbocycles. The molecule has 0 aliphatic heterocycles. The number of rotatable bonds is 5. The number of imidazole rings is 1. The molecule has 0 radical (unpaired) electrons. The molecule has 0 aliphatic rings. The van der Waals surface area contributed by atoms with Gasteiger partial charge >= 0.3 is 0 Å². The molecule has 2 heterocycles. The Morgan fingerprint density at radius 2 is 2.38 bits per heavy atom. The number of nitrogens with zero attached hydrogens (tertiary/aromatic N) is 2. The van der Waals surface area contributed by atoms with Crippen LogP contribution in [-0.4, -0.2) is 16.1 Å². The van der Waals surface area contributed by atoms with Gasteiger partial charge in [0.15, 0.2) is 0 Å². The minimum atomic E-state index is 0.222. The Labute approximate surface area is 100 Å². The molecule has 0 aromatic carbocycles. The highest BCUT2D eigenvalue weighted by atomic mass is 32.1. The number of hydrogen-bond donors (Lipinski definition) is 1. The second kappa shape index (κ2) is 5.27. The largest absolute Gasteiger partial charge is 0.334 e. The first-order valence-corrected chi connectivity index (χ1v) is 6.52. The normalized spacial score (nSPS) is 12.9. The van der Waals surface area contributed by atoms with Gasteiger partial charge in [-0.3, -0.25) is 0 Å². The number of aromatic nitrogens is 2. The Morgan fingerprint density at radius 3 is 3.00 bits per heavy atom. The fourth-order valence-electron chi connectivity index (χ4n) is 1.83. The quantitative estimate of drug-likeness (QED) is 0.863. The van der Waals surface area contributed by atoms with E-state index in [1.807, 2.05) is 12.4 Å². The lowest BCUT2D eigenvalue weighted by molar-refractivity contribution is 0.565. The van der Waals surface area contributed by atoms with Gasteiger partial charge in [0, 0.05) is 23.8 Å². The summed E-state index contributed by atoms with van der Waals surface area (Å²) >= 11 is 1.77. The van der Waals surface area contributed by atoms with Gasteiger partial charge in [-0.05, 0) is 24.9 Å². The molecule has 1 N–H and O–H groups in total. The first-order chi connectivity index (χ1) is 7.86. The molecule has 1 atom stereocenters. The summed E-state index contributed by atoms with van der Waals surface area (Å²) in [6.07, 6.45) is 3.91. The van der Waals surface area contributed by atoms with Crippen molar-refractivity contribution in [2.45, 2.75) is 26.4 Å². The smallest absolute Gasteiger partial charge is 0.131 e. The fraction of sp³-hybridized carbons (Fsp3) is 0.417. The molecule has 2 aromatic rings. The zero-order chi connectivity index (χ0) is 11.4. The van der Waals surface area contributed by atoms with E-state index in [0.29, 0.717) is 0 Å². The molecule has 0 saturated carbocycles. The molecule has 2 rings (SSSR count). The van der Waals surface area contributed by atoms with Gasteiger partial charge in [0.25, 0.3) is 0 Å². The second-order valence-electron chi connectivity index (χ2n) is 3.58. The van der Waals surface area contributed by atoms with Gasteiger partial charge in [0.1, 0.15) is 11.9 Å². The van der Waals surface area contributed by atoms with Crippen LogP contribution in [0.15, 0.2) is 29.9 Å². The Hall–Kier alpha value is -1.13. The molecule has 1 unspecified atom stereocenters. The van der Waals surface area contributed by atoms with Gasteiger partial charge in [-0.25, -0.2) is 4.98 Å². The first kappa shape index (κ1) is 11.4. The van der Waals surface area contributed by atoms with Crippen LogP contribution in [0, 0.1) is 0 Å². The molecule has 16 heavy (non-hydrogen) atoms. The van der Waals surface area contributed by atoms with Gasteiger partial charge in [0.05, 0.1) is 0 Å². The third kappa shape index (κ3) is 2.18. The van der Waals surface area contributed by atoms with Gasteiger partial charge in [-0.2, -0.15) is 0 Å². The molecule has 0 spiro atoms. The van der Waals surface area contributed by atoms with Crippen molar-refractivity contribution in [1.29, 1.82) is 0 Å². The molecule has 0 saturated heterocycles. The lowest BCUT2D eigenvalue weighted by Gasteiger charge is -2.17. The predicted octanol–water partition coefficient (Wildman–Crippen LogP) is 2.66. The zero-order valence-corrected chi connectivity index (χ0v) is 10.5. The van der Waals surface area contributed by atoms with Crippen LogP contribution in [0.3, 0.4) is 0 Å². The Morgan fingerprint density at radius 1 is 1.50 bits per heavy atom. The molecule has 2 aromatic heterocycles. The third-order valence-corrected chi connectivity index (χ3v) is 3.52. The summed E-state index contributed by atoms with van der Waals surface area (Å²) in [4.78, 5) is 5.79. The van der Waals surface area contributed by atoms with Crippen LogP contribution in [0.25, 0.3) is 0 Å². The summed E-state index contributed by atoms with van der Waals surface area (Å²) in [6.45, 7) is 6.17. The van der Waals surface area contributed by atoms with Crippen LogP contribution in [0.1, 0.15) is 30.6 Å². The van der Waals surface area contributed by atoms with Crippen molar-refractivity contribution in [1.82, 2.24) is 14.9 Å². The van der Waals surface area contributed by atoms with Crippen molar-refractivity contribution in [2.75, 3.05) is 6.54 Å². The maximum Gasteiger partial charge on any atom is 0.131 e. The summed E-state index contributed by atoms with van der Waals surface area (Å²) in [5.74, 6) is 1.10. The van der Waals surface area contributed by atoms with Crippen molar-refractivity contribution < 1.29 is 0 Å². The molecule has 4 heteroatoms. The SMILES string of the molecule is CCNC(c1cccs1)c1nccn1CC. The van der Waals surface area contributed by atoms with Crippen molar-refractivity contribution in [3.05, 3.63) is 40.6 Å². The van der Waals surface area contributed by atoms with E-state index in [1.54, 1.807) is 11.3 Å². The lowest BCUT2D eigenvalue weighted by Crippen LogP contribution is -2.24. The van der Waals surface area contributed by atoms with E-state index in [0.717, 1.165) is 18.9 Å². The van der Waals surface area contributed by atoms with Gasteiger partial charge in [0.2, 0.25) is 0 Å². The summed E-state index contributed by atoms with van der Waals surface area (Å²) in [7, 11) is 0. The van der Waals surface area contributed by atoms with E-state index in [9.17, 15) is 0 Å². The lowest BCUT2D eigenvalue weighted by atomic mass is 10.2. The van der Waals surface area contributed by atoms with Crippen LogP contribution in [0.2, 0.25) is 0 Å². The average Bonchev–Trinajstić information content (AvgIpc) is 2.96. The topological polar surface area (TPSA) is 29.9 Å². The summed E-state index contributed by atoms with van der Waals surface area (Å²) in [5, 5.41) is 5.60. The first-order valence-electron chi connectivity index (χ1n) is 5.64. The predicted molar refractivity (Wildman–Crippen MR) is 67.7 cm³/mol. The van der Waals surface area contributed by atoms with Crippen molar-refractivity contribution in [3.8, 4) is 0 Å². The molecular weight excluding hydrogens is 218 g/mol. The highest BCUT2D eigenvalue weighted by Gasteiger charge is 2.18. The Kier molecular flexibility index (Phi) is 3.74. The van der Waals surface area contributed by atoms with Crippen molar-refractivity contribution in [3.63, 3.8) is 0 Å². The van der Waals surface area contributed by atoms with Crippen LogP contribution in [0.5, 0.6) is 0 Å². The molecule has 3 nitrogen and oxygen atoms in total. The minimum Gasteiger partial charge on any atom is -0.334 e. The molecule has 0 amide bonds. The van der Waals surface area contributed by atoms with Crippen LogP contribution >= 0.6 is 11.3 Å². The van der Waals surface area contributed by atoms with E-state index < -0.39 is 0 Å². The number of hydrogen-bond acceptors (Lipinski definition) is 3. The maximum atomic E-state index is 4.47. The summed E-state index contributed by atoms with van der Waals surface area (Å²) in [5.41, 5.74) is 0.